The number of hydrogen-bond acceptors (Lipinski definition) is 8. The number of carbonyl (C=O) groups is 5. The average Bonchev–Trinajstić information content (AvgIpc) is 3.06. The van der Waals surface area contributed by atoms with Crippen LogP contribution in [0.15, 0.2) is 90.0 Å². The maximum absolute atomic E-state index is 14.4. The summed E-state index contributed by atoms with van der Waals surface area (Å²) in [6.45, 7) is -1.44. The van der Waals surface area contributed by atoms with Gasteiger partial charge in [0, 0.05) is 6.54 Å². The minimum Gasteiger partial charge on any atom is -0.480 e. The van der Waals surface area contributed by atoms with Gasteiger partial charge in [0.15, 0.2) is 5.03 Å². The van der Waals surface area contributed by atoms with E-state index in [1.54, 1.807) is 84.9 Å². The number of nitrogens with two attached hydrogens (primary N) is 2. The topological polar surface area (TPSA) is 252 Å². The molecule has 0 aliphatic rings. The summed E-state index contributed by atoms with van der Waals surface area (Å²) < 4.78 is 0. The average molecular weight is 676 g/mol. The number of carboxylic acids is 2. The number of carboxylic acid groups (broad SMARTS) is 2. The summed E-state index contributed by atoms with van der Waals surface area (Å²) in [5.41, 5.74) is 14.0. The zero-order chi connectivity index (χ0) is 35.9. The van der Waals surface area contributed by atoms with Gasteiger partial charge in [0.1, 0.15) is 24.2 Å². The number of amides is 3. The number of benzene rings is 3. The van der Waals surface area contributed by atoms with Crippen LogP contribution >= 0.6 is 0 Å². The van der Waals surface area contributed by atoms with E-state index in [-0.39, 0.29) is 32.4 Å². The van der Waals surface area contributed by atoms with Crippen LogP contribution in [0, 0.1) is 10.1 Å². The van der Waals surface area contributed by atoms with E-state index in [4.69, 9.17) is 21.7 Å². The van der Waals surface area contributed by atoms with E-state index in [1.807, 2.05) is 0 Å². The van der Waals surface area contributed by atoms with Gasteiger partial charge in [-0.2, -0.15) is 0 Å². The van der Waals surface area contributed by atoms with Crippen LogP contribution in [0.1, 0.15) is 41.0 Å². The maximum atomic E-state index is 14.4. The van der Waals surface area contributed by atoms with Crippen molar-refractivity contribution < 1.29 is 39.2 Å². The lowest BCUT2D eigenvalue weighted by molar-refractivity contribution is -0.485. The molecular formula is C33H37N7O9. The van der Waals surface area contributed by atoms with Crippen LogP contribution in [0.25, 0.3) is 0 Å². The van der Waals surface area contributed by atoms with Gasteiger partial charge in [-0.1, -0.05) is 84.9 Å². The van der Waals surface area contributed by atoms with E-state index >= 15 is 0 Å². The number of aliphatic carboxylic acids is 2. The zero-order valence-corrected chi connectivity index (χ0v) is 26.4. The first-order valence-corrected chi connectivity index (χ1v) is 15.1. The Morgan fingerprint density at radius 2 is 1.35 bits per heavy atom. The number of hydrazone groups is 1. The molecule has 0 aliphatic heterocycles. The molecule has 3 rings (SSSR count). The summed E-state index contributed by atoms with van der Waals surface area (Å²) in [5, 5.41) is 34.3. The van der Waals surface area contributed by atoms with Gasteiger partial charge in [-0.3, -0.25) is 28.9 Å². The molecule has 0 radical (unpaired) electrons. The standard InChI is InChI=1S/C33H37N7O9/c34-17-7-12-26(31(46)36-19-23-15-13-22(14-16-23)18-27(41)38(20-28(42)43)21-29(44)45)39(33(35)37-40(48)49)32(47)30(24-8-3-1-4-9-24)25-10-5-2-6-11-25/h1-6,8-11,13-16,26,30H,7,12,17-21,34H2,(H2,35,37)(H,36,46)(H,42,43)(H,44,45)/t26-/m0/s1. The molecule has 0 saturated carbocycles. The Morgan fingerprint density at radius 1 is 0.837 bits per heavy atom. The molecule has 0 bridgehead atoms. The van der Waals surface area contributed by atoms with Crippen LogP contribution in [0.4, 0.5) is 0 Å². The Labute approximate surface area is 281 Å². The Morgan fingerprint density at radius 3 is 1.82 bits per heavy atom. The van der Waals surface area contributed by atoms with Gasteiger partial charge < -0.3 is 31.9 Å². The Kier molecular flexibility index (Phi) is 13.9. The van der Waals surface area contributed by atoms with E-state index in [9.17, 15) is 34.1 Å². The molecule has 258 valence electrons. The largest absolute Gasteiger partial charge is 0.480 e. The summed E-state index contributed by atoms with van der Waals surface area (Å²) in [5.74, 6) is -6.57. The Balaban J connectivity index is 1.87. The summed E-state index contributed by atoms with van der Waals surface area (Å²) >= 11 is 0. The molecule has 3 amide bonds. The smallest absolute Gasteiger partial charge is 0.323 e. The van der Waals surface area contributed by atoms with Gasteiger partial charge in [-0.15, -0.1) is 0 Å². The van der Waals surface area contributed by atoms with Gasteiger partial charge in [-0.25, -0.2) is 10.1 Å². The van der Waals surface area contributed by atoms with E-state index in [1.165, 1.54) is 0 Å². The number of rotatable bonds is 17. The lowest BCUT2D eigenvalue weighted by Crippen LogP contribution is -2.56. The van der Waals surface area contributed by atoms with Crippen LogP contribution in [0.2, 0.25) is 0 Å². The quantitative estimate of drug-likeness (QED) is 0.0586. The summed E-state index contributed by atoms with van der Waals surface area (Å²) in [6.07, 6.45) is 0.00544. The molecule has 7 N–H and O–H groups in total. The van der Waals surface area contributed by atoms with Gasteiger partial charge >= 0.3 is 11.9 Å². The maximum Gasteiger partial charge on any atom is 0.323 e. The van der Waals surface area contributed by atoms with Crippen LogP contribution < -0.4 is 16.8 Å². The minimum atomic E-state index is -1.35. The minimum absolute atomic E-state index is 0.00252. The highest BCUT2D eigenvalue weighted by atomic mass is 16.7. The molecule has 3 aromatic rings. The van der Waals surface area contributed by atoms with Crippen LogP contribution in [0.5, 0.6) is 0 Å². The lowest BCUT2D eigenvalue weighted by atomic mass is 9.89. The Bertz CT molecular complexity index is 1600. The van der Waals surface area contributed by atoms with Crippen molar-refractivity contribution in [3.05, 3.63) is 117 Å². The van der Waals surface area contributed by atoms with Crippen LogP contribution in [-0.2, 0) is 36.9 Å². The van der Waals surface area contributed by atoms with E-state index in [0.717, 1.165) is 4.90 Å². The third-order valence-corrected chi connectivity index (χ3v) is 7.33. The SMILES string of the molecule is NCCC[C@@H](C(=O)NCc1ccc(CC(=O)N(CC(=O)O)CC(=O)O)cc1)N(C(=O)C(c1ccccc1)c1ccccc1)C(N)=N[N+](=O)[O-]. The normalized spacial score (nSPS) is 11.8. The molecule has 16 heteroatoms. The molecule has 0 heterocycles. The second-order valence-electron chi connectivity index (χ2n) is 10.9. The van der Waals surface area contributed by atoms with Crippen molar-refractivity contribution >= 4 is 35.6 Å². The lowest BCUT2D eigenvalue weighted by Gasteiger charge is -2.32. The molecule has 49 heavy (non-hydrogen) atoms. The third-order valence-electron chi connectivity index (χ3n) is 7.33. The first kappa shape index (κ1) is 37.3. The number of nitrogens with zero attached hydrogens (tertiary/aromatic N) is 4. The van der Waals surface area contributed by atoms with Gasteiger partial charge in [0.05, 0.1) is 12.3 Å². The fraction of sp³-hybridized carbons (Fsp3) is 0.273. The van der Waals surface area contributed by atoms with E-state index in [2.05, 4.69) is 10.4 Å². The second kappa shape index (κ2) is 18.2. The Hall–Kier alpha value is -6.16. The number of nitrogens with one attached hydrogen (secondary N) is 1. The molecule has 3 aromatic carbocycles. The second-order valence-corrected chi connectivity index (χ2v) is 10.9. The molecule has 0 fully saturated rings. The highest BCUT2D eigenvalue weighted by Crippen LogP contribution is 2.28. The van der Waals surface area contributed by atoms with Crippen LogP contribution in [0.3, 0.4) is 0 Å². The van der Waals surface area contributed by atoms with Gasteiger partial charge in [0.2, 0.25) is 17.7 Å². The summed E-state index contributed by atoms with van der Waals surface area (Å²) in [7, 11) is 0. The molecule has 0 spiro atoms. The van der Waals surface area contributed by atoms with Crippen molar-refractivity contribution in [3.63, 3.8) is 0 Å². The molecular weight excluding hydrogens is 638 g/mol. The van der Waals surface area contributed by atoms with Crippen LogP contribution in [-0.4, -0.2) is 86.3 Å². The number of guanidine groups is 1. The van der Waals surface area contributed by atoms with E-state index < -0.39 is 65.7 Å². The fourth-order valence-electron chi connectivity index (χ4n) is 5.08. The number of hydrogen-bond donors (Lipinski definition) is 5. The van der Waals surface area contributed by atoms with Gasteiger partial charge in [0.25, 0.3) is 5.96 Å². The summed E-state index contributed by atoms with van der Waals surface area (Å²) in [4.78, 5) is 75.7. The number of nitro groups is 1. The predicted molar refractivity (Wildman–Crippen MR) is 176 cm³/mol. The monoisotopic (exact) mass is 675 g/mol. The number of carbonyl (C=O) groups excluding carboxylic acids is 3. The molecule has 0 unspecified atom stereocenters. The van der Waals surface area contributed by atoms with Crippen molar-refractivity contribution in [3.8, 4) is 0 Å². The molecule has 16 nitrogen and oxygen atoms in total. The predicted octanol–water partition coefficient (Wildman–Crippen LogP) is 1.12. The zero-order valence-electron chi connectivity index (χ0n) is 26.4. The highest BCUT2D eigenvalue weighted by Gasteiger charge is 2.38. The molecule has 1 atom stereocenters. The highest BCUT2D eigenvalue weighted by molar-refractivity contribution is 6.04. The van der Waals surface area contributed by atoms with Crippen molar-refractivity contribution in [2.45, 2.75) is 37.8 Å². The summed E-state index contributed by atoms with van der Waals surface area (Å²) in [6, 6.07) is 22.3. The molecule has 0 aromatic heterocycles. The first-order valence-electron chi connectivity index (χ1n) is 15.1. The first-order chi connectivity index (χ1) is 23.4. The third kappa shape index (κ3) is 11.2. The molecule has 0 saturated heterocycles. The van der Waals surface area contributed by atoms with E-state index in [0.29, 0.717) is 27.2 Å². The van der Waals surface area contributed by atoms with Crippen molar-refractivity contribution in [2.24, 2.45) is 16.6 Å². The molecule has 0 aliphatic carbocycles. The van der Waals surface area contributed by atoms with Gasteiger partial charge in [-0.05, 0) is 41.6 Å². The van der Waals surface area contributed by atoms with Crippen molar-refractivity contribution in [2.75, 3.05) is 19.6 Å². The fourth-order valence-corrected chi connectivity index (χ4v) is 5.08. The van der Waals surface area contributed by atoms with Crippen molar-refractivity contribution in [1.82, 2.24) is 15.1 Å². The van der Waals surface area contributed by atoms with Crippen molar-refractivity contribution in [1.29, 1.82) is 0 Å².